The maximum Gasteiger partial charge on any atom is 0.0630 e. The molecule has 0 radical (unpaired) electrons. The number of aliphatic imine (C=N–C) groups is 1. The molecule has 2 aromatic rings. The minimum Gasteiger partial charge on any atom is -0.265 e. The number of hydrogen-bond donors (Lipinski definition) is 0. The van der Waals surface area contributed by atoms with E-state index in [0.717, 1.165) is 17.2 Å². The van der Waals surface area contributed by atoms with Crippen molar-refractivity contribution < 1.29 is 0 Å². The normalized spacial score (nSPS) is 16.6. The molecule has 0 unspecified atom stereocenters. The molecule has 2 heteroatoms. The number of rotatable bonds is 3. The number of benzene rings is 1. The first kappa shape index (κ1) is 13.0. The van der Waals surface area contributed by atoms with Gasteiger partial charge in [0.25, 0.3) is 0 Å². The summed E-state index contributed by atoms with van der Waals surface area (Å²) in [6.07, 6.45) is 12.3. The van der Waals surface area contributed by atoms with Crippen LogP contribution in [0.4, 0.5) is 5.69 Å². The molecule has 1 aliphatic carbocycles. The second-order valence-electron chi connectivity index (χ2n) is 5.47. The fraction of sp³-hybridized carbons (Fsp3) is 0.333. The number of hydrogen-bond acceptors (Lipinski definition) is 2. The molecule has 0 aliphatic heterocycles. The number of nitrogens with zero attached hydrogens (tertiary/aromatic N) is 2. The Morgan fingerprint density at radius 3 is 2.30 bits per heavy atom. The van der Waals surface area contributed by atoms with Crippen molar-refractivity contribution in [1.29, 1.82) is 0 Å². The smallest absolute Gasteiger partial charge is 0.0630 e. The van der Waals surface area contributed by atoms with Gasteiger partial charge < -0.3 is 0 Å². The van der Waals surface area contributed by atoms with Crippen molar-refractivity contribution in [3.05, 3.63) is 59.9 Å². The van der Waals surface area contributed by atoms with Crippen molar-refractivity contribution in [3.63, 3.8) is 0 Å². The molecule has 0 saturated heterocycles. The highest BCUT2D eigenvalue weighted by Gasteiger charge is 2.14. The largest absolute Gasteiger partial charge is 0.265 e. The third-order valence-electron chi connectivity index (χ3n) is 4.04. The van der Waals surface area contributed by atoms with E-state index in [1.165, 1.54) is 37.7 Å². The molecule has 0 amide bonds. The standard InChI is InChI=1S/C18H20N2/c1-2-4-16(5-3-1)17-6-8-18(9-7-17)20-14-15-10-12-19-13-11-15/h6-14,16H,1-5H2. The summed E-state index contributed by atoms with van der Waals surface area (Å²) in [7, 11) is 0. The molecule has 1 aromatic heterocycles. The quantitative estimate of drug-likeness (QED) is 0.725. The summed E-state index contributed by atoms with van der Waals surface area (Å²) in [5, 5.41) is 0. The fourth-order valence-corrected chi connectivity index (χ4v) is 2.87. The summed E-state index contributed by atoms with van der Waals surface area (Å²) in [5.41, 5.74) is 3.57. The molecule has 0 bridgehead atoms. The van der Waals surface area contributed by atoms with E-state index >= 15 is 0 Å². The lowest BCUT2D eigenvalue weighted by Crippen LogP contribution is -2.03. The molecular weight excluding hydrogens is 244 g/mol. The molecule has 20 heavy (non-hydrogen) atoms. The average molecular weight is 264 g/mol. The minimum atomic E-state index is 0.766. The highest BCUT2D eigenvalue weighted by molar-refractivity contribution is 5.81. The van der Waals surface area contributed by atoms with Gasteiger partial charge in [-0.15, -0.1) is 0 Å². The van der Waals surface area contributed by atoms with Crippen LogP contribution in [-0.4, -0.2) is 11.2 Å². The Balaban J connectivity index is 1.68. The van der Waals surface area contributed by atoms with Crippen LogP contribution in [0.5, 0.6) is 0 Å². The Kier molecular flexibility index (Phi) is 4.22. The molecule has 2 nitrogen and oxygen atoms in total. The molecule has 102 valence electrons. The van der Waals surface area contributed by atoms with Gasteiger partial charge in [-0.2, -0.15) is 0 Å². The average Bonchev–Trinajstić information content (AvgIpc) is 2.55. The van der Waals surface area contributed by atoms with Crippen LogP contribution in [0.25, 0.3) is 0 Å². The summed E-state index contributed by atoms with van der Waals surface area (Å²) >= 11 is 0. The van der Waals surface area contributed by atoms with Crippen LogP contribution in [0.15, 0.2) is 53.8 Å². The SMILES string of the molecule is C(=Nc1ccc(C2CCCCC2)cc1)c1ccncc1. The zero-order chi connectivity index (χ0) is 13.6. The van der Waals surface area contributed by atoms with Crippen LogP contribution in [0.2, 0.25) is 0 Å². The van der Waals surface area contributed by atoms with Gasteiger partial charge in [-0.3, -0.25) is 9.98 Å². The molecule has 1 aromatic carbocycles. The van der Waals surface area contributed by atoms with E-state index in [9.17, 15) is 0 Å². The molecule has 1 saturated carbocycles. The molecule has 0 N–H and O–H groups in total. The van der Waals surface area contributed by atoms with E-state index in [0.29, 0.717) is 0 Å². The van der Waals surface area contributed by atoms with Gasteiger partial charge in [-0.05, 0) is 54.2 Å². The van der Waals surface area contributed by atoms with Gasteiger partial charge in [-0.1, -0.05) is 31.4 Å². The zero-order valence-corrected chi connectivity index (χ0v) is 11.7. The third kappa shape index (κ3) is 3.32. The van der Waals surface area contributed by atoms with Crippen LogP contribution in [0, 0.1) is 0 Å². The first-order valence-corrected chi connectivity index (χ1v) is 7.46. The Morgan fingerprint density at radius 1 is 0.900 bits per heavy atom. The van der Waals surface area contributed by atoms with Gasteiger partial charge in [0.1, 0.15) is 0 Å². The third-order valence-corrected chi connectivity index (χ3v) is 4.04. The van der Waals surface area contributed by atoms with Gasteiger partial charge in [-0.25, -0.2) is 0 Å². The second kappa shape index (κ2) is 6.47. The van der Waals surface area contributed by atoms with Gasteiger partial charge in [0, 0.05) is 18.6 Å². The lowest BCUT2D eigenvalue weighted by molar-refractivity contribution is 0.443. The van der Waals surface area contributed by atoms with Crippen LogP contribution in [0.3, 0.4) is 0 Å². The van der Waals surface area contributed by atoms with E-state index in [1.54, 1.807) is 12.4 Å². The van der Waals surface area contributed by atoms with Crippen molar-refractivity contribution in [2.24, 2.45) is 4.99 Å². The van der Waals surface area contributed by atoms with Crippen LogP contribution in [-0.2, 0) is 0 Å². The Hall–Kier alpha value is -1.96. The molecule has 1 aliphatic rings. The predicted octanol–water partition coefficient (Wildman–Crippen LogP) is 4.88. The Morgan fingerprint density at radius 2 is 1.60 bits per heavy atom. The molecule has 0 atom stereocenters. The van der Waals surface area contributed by atoms with Crippen molar-refractivity contribution >= 4 is 11.9 Å². The van der Waals surface area contributed by atoms with E-state index in [-0.39, 0.29) is 0 Å². The molecule has 1 fully saturated rings. The lowest BCUT2D eigenvalue weighted by Gasteiger charge is -2.21. The predicted molar refractivity (Wildman–Crippen MR) is 83.8 cm³/mol. The molecule has 0 spiro atoms. The molecular formula is C18H20N2. The maximum atomic E-state index is 4.51. The van der Waals surface area contributed by atoms with Gasteiger partial charge >= 0.3 is 0 Å². The van der Waals surface area contributed by atoms with Crippen LogP contribution < -0.4 is 0 Å². The summed E-state index contributed by atoms with van der Waals surface area (Å²) in [5.74, 6) is 0.766. The highest BCUT2D eigenvalue weighted by Crippen LogP contribution is 2.33. The number of aromatic nitrogens is 1. The maximum absolute atomic E-state index is 4.51. The lowest BCUT2D eigenvalue weighted by atomic mass is 9.84. The second-order valence-corrected chi connectivity index (χ2v) is 5.47. The summed E-state index contributed by atoms with van der Waals surface area (Å²) in [4.78, 5) is 8.51. The van der Waals surface area contributed by atoms with Crippen molar-refractivity contribution in [3.8, 4) is 0 Å². The van der Waals surface area contributed by atoms with Crippen LogP contribution >= 0.6 is 0 Å². The van der Waals surface area contributed by atoms with E-state index in [4.69, 9.17) is 0 Å². The highest BCUT2D eigenvalue weighted by atomic mass is 14.7. The summed E-state index contributed by atoms with van der Waals surface area (Å²) < 4.78 is 0. The van der Waals surface area contributed by atoms with Crippen molar-refractivity contribution in [2.75, 3.05) is 0 Å². The molecule has 1 heterocycles. The Bertz CT molecular complexity index is 552. The Labute approximate surface area is 120 Å². The van der Waals surface area contributed by atoms with Gasteiger partial charge in [0.05, 0.1) is 5.69 Å². The first-order valence-electron chi connectivity index (χ1n) is 7.46. The fourth-order valence-electron chi connectivity index (χ4n) is 2.87. The minimum absolute atomic E-state index is 0.766. The first-order chi connectivity index (χ1) is 9.92. The van der Waals surface area contributed by atoms with E-state index in [2.05, 4.69) is 34.2 Å². The zero-order valence-electron chi connectivity index (χ0n) is 11.7. The van der Waals surface area contributed by atoms with E-state index in [1.807, 2.05) is 18.3 Å². The monoisotopic (exact) mass is 264 g/mol. The van der Waals surface area contributed by atoms with Crippen molar-refractivity contribution in [1.82, 2.24) is 4.98 Å². The number of pyridine rings is 1. The molecule has 3 rings (SSSR count). The van der Waals surface area contributed by atoms with Crippen molar-refractivity contribution in [2.45, 2.75) is 38.0 Å². The van der Waals surface area contributed by atoms with Crippen LogP contribution in [0.1, 0.15) is 49.1 Å². The van der Waals surface area contributed by atoms with Gasteiger partial charge in [0.2, 0.25) is 0 Å². The topological polar surface area (TPSA) is 25.2 Å². The summed E-state index contributed by atoms with van der Waals surface area (Å²) in [6.45, 7) is 0. The van der Waals surface area contributed by atoms with Gasteiger partial charge in [0.15, 0.2) is 0 Å². The van der Waals surface area contributed by atoms with E-state index < -0.39 is 0 Å². The summed E-state index contributed by atoms with van der Waals surface area (Å²) in [6, 6.07) is 12.7.